The highest BCUT2D eigenvalue weighted by Crippen LogP contribution is 2.37. The van der Waals surface area contributed by atoms with Crippen LogP contribution in [-0.4, -0.2) is 16.0 Å². The van der Waals surface area contributed by atoms with E-state index in [1.54, 1.807) is 0 Å². The minimum atomic E-state index is -0.700. The fourth-order valence-corrected chi connectivity index (χ4v) is 2.61. The molecule has 0 aliphatic rings. The highest BCUT2D eigenvalue weighted by atomic mass is 35.5. The Kier molecular flexibility index (Phi) is 4.35. The van der Waals surface area contributed by atoms with E-state index < -0.39 is 17.3 Å². The molecule has 0 bridgehead atoms. The highest BCUT2D eigenvalue weighted by Gasteiger charge is 2.21. The summed E-state index contributed by atoms with van der Waals surface area (Å²) in [7, 11) is 0. The van der Waals surface area contributed by atoms with Gasteiger partial charge in [0.15, 0.2) is 0 Å². The van der Waals surface area contributed by atoms with Gasteiger partial charge in [0.1, 0.15) is 11.5 Å². The molecule has 0 unspecified atom stereocenters. The molecule has 0 spiro atoms. The second kappa shape index (κ2) is 5.70. The average Bonchev–Trinajstić information content (AvgIpc) is 2.37. The van der Waals surface area contributed by atoms with Gasteiger partial charge in [-0.25, -0.2) is 0 Å². The Hall–Kier alpha value is -1.13. The van der Waals surface area contributed by atoms with Crippen LogP contribution in [0.2, 0.25) is 20.1 Å². The normalized spacial score (nSPS) is 10.6. The molecule has 0 aromatic heterocycles. The number of ketones is 1. The van der Waals surface area contributed by atoms with Crippen LogP contribution in [0.1, 0.15) is 15.9 Å². The van der Waals surface area contributed by atoms with Crippen molar-refractivity contribution in [2.75, 3.05) is 0 Å². The number of halogens is 4. The van der Waals surface area contributed by atoms with Crippen molar-refractivity contribution in [2.24, 2.45) is 0 Å². The summed E-state index contributed by atoms with van der Waals surface area (Å²) in [5.41, 5.74) is -0.313. The maximum atomic E-state index is 12.3. The molecule has 20 heavy (non-hydrogen) atoms. The van der Waals surface area contributed by atoms with Crippen molar-refractivity contribution in [3.63, 3.8) is 0 Å². The molecule has 2 N–H and O–H groups in total. The summed E-state index contributed by atoms with van der Waals surface area (Å²) >= 11 is 23.1. The van der Waals surface area contributed by atoms with Crippen molar-refractivity contribution in [3.8, 4) is 11.5 Å². The van der Waals surface area contributed by atoms with Crippen molar-refractivity contribution in [1.82, 2.24) is 0 Å². The molecule has 2 aromatic carbocycles. The Morgan fingerprint density at radius 1 is 0.750 bits per heavy atom. The third kappa shape index (κ3) is 2.81. The van der Waals surface area contributed by atoms with Gasteiger partial charge in [-0.3, -0.25) is 4.79 Å². The zero-order valence-corrected chi connectivity index (χ0v) is 12.6. The highest BCUT2D eigenvalue weighted by molar-refractivity contribution is 6.38. The van der Waals surface area contributed by atoms with Crippen molar-refractivity contribution < 1.29 is 15.0 Å². The maximum absolute atomic E-state index is 12.3. The Balaban J connectivity index is 2.64. The topological polar surface area (TPSA) is 57.5 Å². The monoisotopic (exact) mass is 350 g/mol. The van der Waals surface area contributed by atoms with Gasteiger partial charge >= 0.3 is 0 Å². The minimum absolute atomic E-state index is 0.0755. The van der Waals surface area contributed by atoms with Gasteiger partial charge in [0.05, 0.1) is 21.2 Å². The molecule has 0 aliphatic heterocycles. The van der Waals surface area contributed by atoms with Crippen LogP contribution in [0.15, 0.2) is 24.3 Å². The lowest BCUT2D eigenvalue weighted by atomic mass is 10.0. The predicted octanol–water partition coefficient (Wildman–Crippen LogP) is 4.94. The molecule has 0 amide bonds. The molecule has 0 atom stereocenters. The Morgan fingerprint density at radius 2 is 1.10 bits per heavy atom. The van der Waals surface area contributed by atoms with E-state index in [1.165, 1.54) is 24.3 Å². The molecule has 3 nitrogen and oxygen atoms in total. The molecule has 2 rings (SSSR count). The first-order valence-electron chi connectivity index (χ1n) is 5.22. The van der Waals surface area contributed by atoms with E-state index in [1.807, 2.05) is 0 Å². The number of carbonyl (C=O) groups is 1. The SMILES string of the molecule is O=C(c1cc(Cl)cc(Cl)c1O)c1cc(Cl)cc(Cl)c1O. The summed E-state index contributed by atoms with van der Waals surface area (Å²) < 4.78 is 0. The van der Waals surface area contributed by atoms with E-state index in [0.29, 0.717) is 0 Å². The third-order valence-electron chi connectivity index (χ3n) is 2.55. The molecule has 0 fully saturated rings. The van der Waals surface area contributed by atoms with Gasteiger partial charge in [-0.2, -0.15) is 0 Å². The lowest BCUT2D eigenvalue weighted by Crippen LogP contribution is -2.03. The first kappa shape index (κ1) is 15.3. The van der Waals surface area contributed by atoms with Gasteiger partial charge in [0.25, 0.3) is 0 Å². The third-order valence-corrected chi connectivity index (χ3v) is 3.56. The first-order valence-corrected chi connectivity index (χ1v) is 6.73. The van der Waals surface area contributed by atoms with Gasteiger partial charge < -0.3 is 10.2 Å². The average molecular weight is 352 g/mol. The molecule has 2 aromatic rings. The summed E-state index contributed by atoms with van der Waals surface area (Å²) in [4.78, 5) is 12.3. The molecule has 0 saturated carbocycles. The predicted molar refractivity (Wildman–Crippen MR) is 79.7 cm³/mol. The summed E-state index contributed by atoms with van der Waals surface area (Å²) in [6.07, 6.45) is 0. The van der Waals surface area contributed by atoms with E-state index in [0.717, 1.165) is 0 Å². The fraction of sp³-hybridized carbons (Fsp3) is 0. The molecular weight excluding hydrogens is 346 g/mol. The Labute approximate surface area is 134 Å². The Morgan fingerprint density at radius 3 is 1.45 bits per heavy atom. The molecular formula is C13H6Cl4O3. The van der Waals surface area contributed by atoms with Gasteiger partial charge in [-0.05, 0) is 24.3 Å². The van der Waals surface area contributed by atoms with E-state index in [-0.39, 0.29) is 31.2 Å². The molecule has 0 radical (unpaired) electrons. The van der Waals surface area contributed by atoms with Gasteiger partial charge in [0, 0.05) is 10.0 Å². The molecule has 104 valence electrons. The number of phenolic OH excluding ortho intramolecular Hbond substituents is 2. The number of rotatable bonds is 2. The standard InChI is InChI=1S/C13H6Cl4O3/c14-5-1-7(12(19)9(16)3-5)11(18)8-2-6(15)4-10(17)13(8)20/h1-4,19-20H. The van der Waals surface area contributed by atoms with E-state index in [9.17, 15) is 15.0 Å². The van der Waals surface area contributed by atoms with Crippen LogP contribution in [0.5, 0.6) is 11.5 Å². The largest absolute Gasteiger partial charge is 0.506 e. The van der Waals surface area contributed by atoms with Crippen LogP contribution < -0.4 is 0 Å². The van der Waals surface area contributed by atoms with Crippen molar-refractivity contribution in [3.05, 3.63) is 55.5 Å². The van der Waals surface area contributed by atoms with E-state index >= 15 is 0 Å². The van der Waals surface area contributed by atoms with Crippen LogP contribution in [0.25, 0.3) is 0 Å². The van der Waals surface area contributed by atoms with Crippen LogP contribution in [0, 0.1) is 0 Å². The van der Waals surface area contributed by atoms with Gasteiger partial charge in [0.2, 0.25) is 5.78 Å². The van der Waals surface area contributed by atoms with Crippen LogP contribution in [0.4, 0.5) is 0 Å². The number of phenols is 2. The summed E-state index contributed by atoms with van der Waals surface area (Å²) in [5.74, 6) is -1.57. The molecule has 0 saturated heterocycles. The number of aromatic hydroxyl groups is 2. The van der Waals surface area contributed by atoms with Crippen LogP contribution in [0.3, 0.4) is 0 Å². The molecule has 0 aliphatic carbocycles. The van der Waals surface area contributed by atoms with Gasteiger partial charge in [-0.15, -0.1) is 0 Å². The molecule has 0 heterocycles. The van der Waals surface area contributed by atoms with Crippen LogP contribution >= 0.6 is 46.4 Å². The summed E-state index contributed by atoms with van der Waals surface area (Å²) in [6, 6.07) is 5.05. The maximum Gasteiger partial charge on any atom is 0.200 e. The summed E-state index contributed by atoms with van der Waals surface area (Å²) in [5, 5.41) is 19.8. The smallest absolute Gasteiger partial charge is 0.200 e. The quantitative estimate of drug-likeness (QED) is 0.753. The lowest BCUT2D eigenvalue weighted by Gasteiger charge is -2.09. The second-order valence-corrected chi connectivity index (χ2v) is 5.58. The van der Waals surface area contributed by atoms with Gasteiger partial charge in [-0.1, -0.05) is 46.4 Å². The Bertz CT molecular complexity index is 654. The minimum Gasteiger partial charge on any atom is -0.506 e. The number of carbonyl (C=O) groups excluding carboxylic acids is 1. The zero-order chi connectivity index (χ0) is 15.0. The van der Waals surface area contributed by atoms with Crippen LogP contribution in [-0.2, 0) is 0 Å². The lowest BCUT2D eigenvalue weighted by molar-refractivity contribution is 0.103. The number of hydrogen-bond acceptors (Lipinski definition) is 3. The molecule has 7 heteroatoms. The fourth-order valence-electron chi connectivity index (χ4n) is 1.62. The van der Waals surface area contributed by atoms with Crippen molar-refractivity contribution in [2.45, 2.75) is 0 Å². The number of hydrogen-bond donors (Lipinski definition) is 2. The zero-order valence-electron chi connectivity index (χ0n) is 9.62. The van der Waals surface area contributed by atoms with Crippen molar-refractivity contribution >= 4 is 52.2 Å². The number of benzene rings is 2. The summed E-state index contributed by atoms with van der Waals surface area (Å²) in [6.45, 7) is 0. The second-order valence-electron chi connectivity index (χ2n) is 3.90. The van der Waals surface area contributed by atoms with Crippen molar-refractivity contribution in [1.29, 1.82) is 0 Å². The van der Waals surface area contributed by atoms with E-state index in [4.69, 9.17) is 46.4 Å². The van der Waals surface area contributed by atoms with E-state index in [2.05, 4.69) is 0 Å². The first-order chi connectivity index (χ1) is 9.31.